The van der Waals surface area contributed by atoms with Gasteiger partial charge in [0.2, 0.25) is 5.91 Å². The van der Waals surface area contributed by atoms with E-state index in [1.165, 1.54) is 0 Å². The smallest absolute Gasteiger partial charge is 0.248 e. The number of benzene rings is 1. The highest BCUT2D eigenvalue weighted by Crippen LogP contribution is 2.39. The van der Waals surface area contributed by atoms with Gasteiger partial charge in [-0.25, -0.2) is 0 Å². The molecule has 0 bridgehead atoms. The van der Waals surface area contributed by atoms with Crippen LogP contribution in [0.1, 0.15) is 65.7 Å². The Hall–Kier alpha value is -2.60. The Bertz CT molecular complexity index is 925. The second kappa shape index (κ2) is 7.43. The molecule has 2 aromatic rings. The third-order valence-electron chi connectivity index (χ3n) is 5.15. The average Bonchev–Trinajstić information content (AvgIpc) is 2.89. The first-order valence-electron chi connectivity index (χ1n) is 9.58. The molecule has 28 heavy (non-hydrogen) atoms. The molecule has 150 valence electrons. The molecule has 0 spiro atoms. The lowest BCUT2D eigenvalue weighted by Gasteiger charge is -2.30. The second-order valence-electron chi connectivity index (χ2n) is 8.46. The lowest BCUT2D eigenvalue weighted by Crippen LogP contribution is -2.28. The number of aliphatic hydroxyl groups excluding tert-OH is 1. The Balaban J connectivity index is 2.11. The van der Waals surface area contributed by atoms with Crippen molar-refractivity contribution in [2.24, 2.45) is 11.1 Å². The Morgan fingerprint density at radius 3 is 2.68 bits per heavy atom. The van der Waals surface area contributed by atoms with E-state index in [4.69, 9.17) is 10.5 Å². The van der Waals surface area contributed by atoms with Crippen molar-refractivity contribution in [3.63, 3.8) is 0 Å². The fourth-order valence-electron chi connectivity index (χ4n) is 3.79. The predicted octanol–water partition coefficient (Wildman–Crippen LogP) is 3.19. The molecule has 6 nitrogen and oxygen atoms in total. The molecule has 0 fully saturated rings. The van der Waals surface area contributed by atoms with Crippen molar-refractivity contribution in [2.45, 2.75) is 53.1 Å². The number of Topliss-reactive ketones (excluding diaryl/α,β-unsaturated/α-hetero) is 1. The zero-order valence-corrected chi connectivity index (χ0v) is 16.9. The van der Waals surface area contributed by atoms with Crippen molar-refractivity contribution in [1.29, 1.82) is 0 Å². The Morgan fingerprint density at radius 2 is 2.04 bits per heavy atom. The number of primary amides is 1. The Morgan fingerprint density at radius 1 is 1.32 bits per heavy atom. The third kappa shape index (κ3) is 3.97. The fourth-order valence-corrected chi connectivity index (χ4v) is 3.79. The van der Waals surface area contributed by atoms with Crippen molar-refractivity contribution in [1.82, 2.24) is 4.57 Å². The molecular formula is C22H28N2O4. The van der Waals surface area contributed by atoms with E-state index in [1.54, 1.807) is 25.1 Å². The third-order valence-corrected chi connectivity index (χ3v) is 5.15. The number of aliphatic hydroxyl groups is 1. The van der Waals surface area contributed by atoms with E-state index in [0.29, 0.717) is 30.8 Å². The number of rotatable bonds is 6. The van der Waals surface area contributed by atoms with E-state index in [9.17, 15) is 14.7 Å². The van der Waals surface area contributed by atoms with Gasteiger partial charge in [-0.3, -0.25) is 9.59 Å². The first-order chi connectivity index (χ1) is 13.1. The summed E-state index contributed by atoms with van der Waals surface area (Å²) in [6.07, 6.45) is 1.28. The van der Waals surface area contributed by atoms with Crippen molar-refractivity contribution in [3.8, 4) is 11.4 Å². The summed E-state index contributed by atoms with van der Waals surface area (Å²) in [6.45, 7) is 8.15. The zero-order valence-electron chi connectivity index (χ0n) is 16.9. The standard InChI is InChI=1S/C22H28N2O4/c1-13-9-16-18(11-22(3,4)12-19(16)26)24(13)17-6-5-15(21(23)27)10-20(17)28-8-7-14(2)25/h5-6,9-10,14,25H,7-8,11-12H2,1-4H3,(H2,23,27). The molecule has 1 atom stereocenters. The van der Waals surface area contributed by atoms with Gasteiger partial charge in [-0.2, -0.15) is 0 Å². The van der Waals surface area contributed by atoms with Gasteiger partial charge in [0, 0.05) is 35.4 Å². The summed E-state index contributed by atoms with van der Waals surface area (Å²) in [4.78, 5) is 24.3. The molecule has 1 aliphatic rings. The van der Waals surface area contributed by atoms with Crippen LogP contribution in [0.4, 0.5) is 0 Å². The molecule has 0 radical (unpaired) electrons. The minimum absolute atomic E-state index is 0.118. The van der Waals surface area contributed by atoms with Gasteiger partial charge in [0.15, 0.2) is 5.78 Å². The number of carbonyl (C=O) groups is 2. The van der Waals surface area contributed by atoms with Crippen LogP contribution >= 0.6 is 0 Å². The van der Waals surface area contributed by atoms with Gasteiger partial charge >= 0.3 is 0 Å². The Labute approximate surface area is 165 Å². The van der Waals surface area contributed by atoms with E-state index in [-0.39, 0.29) is 11.2 Å². The van der Waals surface area contributed by atoms with E-state index >= 15 is 0 Å². The fraction of sp³-hybridized carbons (Fsp3) is 0.455. The van der Waals surface area contributed by atoms with Crippen molar-refractivity contribution < 1.29 is 19.4 Å². The number of nitrogens with two attached hydrogens (primary N) is 1. The first kappa shape index (κ1) is 20.1. The molecule has 6 heteroatoms. The average molecular weight is 384 g/mol. The quantitative estimate of drug-likeness (QED) is 0.800. The molecule has 1 heterocycles. The molecule has 0 saturated heterocycles. The number of fused-ring (bicyclic) bond motifs is 1. The number of carbonyl (C=O) groups excluding carboxylic acids is 2. The summed E-state index contributed by atoms with van der Waals surface area (Å²) in [5.41, 5.74) is 9.09. The van der Waals surface area contributed by atoms with Crippen LogP contribution in [0.3, 0.4) is 0 Å². The number of hydrogen-bond acceptors (Lipinski definition) is 4. The summed E-state index contributed by atoms with van der Waals surface area (Å²) in [6, 6.07) is 7.02. The summed E-state index contributed by atoms with van der Waals surface area (Å²) in [7, 11) is 0. The van der Waals surface area contributed by atoms with Gasteiger partial charge in [0.05, 0.1) is 18.4 Å². The van der Waals surface area contributed by atoms with Gasteiger partial charge in [-0.15, -0.1) is 0 Å². The number of ether oxygens (including phenoxy) is 1. The number of hydrogen-bond donors (Lipinski definition) is 2. The van der Waals surface area contributed by atoms with Gasteiger partial charge in [0.1, 0.15) is 5.75 Å². The van der Waals surface area contributed by atoms with E-state index in [1.807, 2.05) is 17.6 Å². The summed E-state index contributed by atoms with van der Waals surface area (Å²) < 4.78 is 7.95. The van der Waals surface area contributed by atoms with Gasteiger partial charge < -0.3 is 20.1 Å². The Kier molecular flexibility index (Phi) is 5.35. The van der Waals surface area contributed by atoms with Crippen LogP contribution in [-0.2, 0) is 6.42 Å². The van der Waals surface area contributed by atoms with Crippen LogP contribution in [0.2, 0.25) is 0 Å². The molecule has 1 aliphatic carbocycles. The molecule has 0 aliphatic heterocycles. The molecule has 1 aromatic carbocycles. The molecule has 0 saturated carbocycles. The van der Waals surface area contributed by atoms with Crippen LogP contribution < -0.4 is 10.5 Å². The summed E-state index contributed by atoms with van der Waals surface area (Å²) in [5.74, 6) is 0.127. The van der Waals surface area contributed by atoms with Crippen LogP contribution in [0.15, 0.2) is 24.3 Å². The molecular weight excluding hydrogens is 356 g/mol. The molecule has 1 amide bonds. The molecule has 1 aromatic heterocycles. The van der Waals surface area contributed by atoms with Crippen LogP contribution in [0, 0.1) is 12.3 Å². The number of nitrogens with zero attached hydrogens (tertiary/aromatic N) is 1. The monoisotopic (exact) mass is 384 g/mol. The lowest BCUT2D eigenvalue weighted by atomic mass is 9.76. The number of aromatic nitrogens is 1. The first-order valence-corrected chi connectivity index (χ1v) is 9.58. The highest BCUT2D eigenvalue weighted by molar-refractivity contribution is 5.99. The molecule has 1 unspecified atom stereocenters. The highest BCUT2D eigenvalue weighted by Gasteiger charge is 2.34. The molecule has 3 N–H and O–H groups in total. The normalized spacial score (nSPS) is 16.5. The van der Waals surface area contributed by atoms with Crippen LogP contribution in [0.25, 0.3) is 5.69 Å². The van der Waals surface area contributed by atoms with Crippen molar-refractivity contribution in [2.75, 3.05) is 6.61 Å². The van der Waals surface area contributed by atoms with Gasteiger partial charge in [0.25, 0.3) is 0 Å². The van der Waals surface area contributed by atoms with E-state index in [2.05, 4.69) is 13.8 Å². The van der Waals surface area contributed by atoms with Gasteiger partial charge in [-0.1, -0.05) is 13.8 Å². The van der Waals surface area contributed by atoms with Gasteiger partial charge in [-0.05, 0) is 49.9 Å². The van der Waals surface area contributed by atoms with E-state index < -0.39 is 12.0 Å². The van der Waals surface area contributed by atoms with Crippen LogP contribution in [0.5, 0.6) is 5.75 Å². The largest absolute Gasteiger partial charge is 0.491 e. The maximum absolute atomic E-state index is 12.6. The summed E-state index contributed by atoms with van der Waals surface area (Å²) >= 11 is 0. The topological polar surface area (TPSA) is 94.6 Å². The minimum atomic E-state index is -0.533. The maximum Gasteiger partial charge on any atom is 0.248 e. The second-order valence-corrected chi connectivity index (χ2v) is 8.46. The molecule has 3 rings (SSSR count). The summed E-state index contributed by atoms with van der Waals surface area (Å²) in [5, 5.41) is 9.52. The number of ketones is 1. The number of aryl methyl sites for hydroxylation is 1. The van der Waals surface area contributed by atoms with Crippen LogP contribution in [-0.4, -0.2) is 34.1 Å². The van der Waals surface area contributed by atoms with Crippen molar-refractivity contribution >= 4 is 11.7 Å². The minimum Gasteiger partial charge on any atom is -0.491 e. The lowest BCUT2D eigenvalue weighted by molar-refractivity contribution is 0.0910. The zero-order chi connectivity index (χ0) is 20.6. The van der Waals surface area contributed by atoms with E-state index in [0.717, 1.165) is 29.1 Å². The van der Waals surface area contributed by atoms with Crippen molar-refractivity contribution in [3.05, 3.63) is 46.8 Å². The SMILES string of the molecule is Cc1cc2c(n1-c1ccc(C(N)=O)cc1OCCC(C)O)CC(C)(C)CC2=O. The number of amides is 1. The maximum atomic E-state index is 12.6. The predicted molar refractivity (Wildman–Crippen MR) is 107 cm³/mol. The highest BCUT2D eigenvalue weighted by atomic mass is 16.5.